The van der Waals surface area contributed by atoms with Crippen LogP contribution in [0.1, 0.15) is 12.8 Å². The fraction of sp³-hybridized carbons (Fsp3) is 0.286. The van der Waals surface area contributed by atoms with Gasteiger partial charge in [0, 0.05) is 23.2 Å². The Bertz CT molecular complexity index is 795. The van der Waals surface area contributed by atoms with Gasteiger partial charge in [0.05, 0.1) is 15.9 Å². The Kier molecular flexibility index (Phi) is 3.64. The Hall–Kier alpha value is -1.57. The van der Waals surface area contributed by atoms with E-state index in [1.807, 2.05) is 6.07 Å². The minimum atomic E-state index is -3.68. The third-order valence-corrected chi connectivity index (χ3v) is 5.37. The summed E-state index contributed by atoms with van der Waals surface area (Å²) < 4.78 is 27.9. The number of hydrogen-bond acceptors (Lipinski definition) is 4. The maximum absolute atomic E-state index is 12.6. The van der Waals surface area contributed by atoms with Gasteiger partial charge in [0.15, 0.2) is 0 Å². The van der Waals surface area contributed by atoms with Crippen molar-refractivity contribution in [3.63, 3.8) is 0 Å². The lowest BCUT2D eigenvalue weighted by Gasteiger charge is -2.17. The molecular weight excluding hydrogens is 306 g/mol. The Morgan fingerprint density at radius 2 is 2.14 bits per heavy atom. The van der Waals surface area contributed by atoms with Crippen LogP contribution in [0.4, 0.5) is 0 Å². The lowest BCUT2D eigenvalue weighted by atomic mass is 10.2. The zero-order valence-electron chi connectivity index (χ0n) is 11.2. The van der Waals surface area contributed by atoms with Gasteiger partial charge < -0.3 is 5.73 Å². The van der Waals surface area contributed by atoms with Gasteiger partial charge in [-0.2, -0.15) is 0 Å². The van der Waals surface area contributed by atoms with E-state index in [1.54, 1.807) is 30.6 Å². The number of hydrogen-bond donors (Lipinski definition) is 2. The minimum absolute atomic E-state index is 0.197. The molecule has 1 aromatic carbocycles. The first kappa shape index (κ1) is 14.4. The van der Waals surface area contributed by atoms with E-state index in [2.05, 4.69) is 9.71 Å². The molecule has 1 heterocycles. The molecule has 1 aromatic heterocycles. The topological polar surface area (TPSA) is 85.1 Å². The molecule has 1 atom stereocenters. The molecule has 5 nitrogen and oxygen atoms in total. The SMILES string of the molecule is NC(=S)C(NS(=O)(=O)c1cccc2cnccc12)C1CC1. The van der Waals surface area contributed by atoms with Crippen molar-refractivity contribution in [3.05, 3.63) is 36.7 Å². The summed E-state index contributed by atoms with van der Waals surface area (Å²) >= 11 is 4.99. The van der Waals surface area contributed by atoms with Crippen LogP contribution in [0.3, 0.4) is 0 Å². The first-order valence-electron chi connectivity index (χ1n) is 6.63. The third-order valence-electron chi connectivity index (χ3n) is 3.61. The zero-order chi connectivity index (χ0) is 15.0. The van der Waals surface area contributed by atoms with Crippen LogP contribution < -0.4 is 10.5 Å². The summed E-state index contributed by atoms with van der Waals surface area (Å²) in [5.74, 6) is 0.217. The lowest BCUT2D eigenvalue weighted by Crippen LogP contribution is -2.44. The molecule has 7 heteroatoms. The number of nitrogens with zero attached hydrogens (tertiary/aromatic N) is 1. The number of aromatic nitrogens is 1. The highest BCUT2D eigenvalue weighted by Crippen LogP contribution is 2.34. The van der Waals surface area contributed by atoms with Crippen LogP contribution in [-0.2, 0) is 10.0 Å². The Morgan fingerprint density at radius 3 is 2.81 bits per heavy atom. The molecule has 21 heavy (non-hydrogen) atoms. The molecule has 0 radical (unpaired) electrons. The van der Waals surface area contributed by atoms with Crippen molar-refractivity contribution in [2.45, 2.75) is 23.8 Å². The molecule has 2 aromatic rings. The van der Waals surface area contributed by atoms with Gasteiger partial charge in [-0.05, 0) is 30.9 Å². The first-order valence-corrected chi connectivity index (χ1v) is 8.52. The Balaban J connectivity index is 2.02. The van der Waals surface area contributed by atoms with Crippen molar-refractivity contribution >= 4 is 38.0 Å². The van der Waals surface area contributed by atoms with Crippen molar-refractivity contribution < 1.29 is 8.42 Å². The minimum Gasteiger partial charge on any atom is -0.392 e. The van der Waals surface area contributed by atoms with Gasteiger partial charge in [-0.3, -0.25) is 4.98 Å². The second-order valence-electron chi connectivity index (χ2n) is 5.19. The third kappa shape index (κ3) is 2.90. The molecule has 1 saturated carbocycles. The molecule has 0 saturated heterocycles. The number of rotatable bonds is 5. The molecule has 1 aliphatic carbocycles. The van der Waals surface area contributed by atoms with E-state index in [1.165, 1.54) is 0 Å². The van der Waals surface area contributed by atoms with Crippen LogP contribution in [0.5, 0.6) is 0 Å². The average Bonchev–Trinajstić information content (AvgIpc) is 3.28. The van der Waals surface area contributed by atoms with Crippen molar-refractivity contribution in [1.29, 1.82) is 0 Å². The fourth-order valence-electron chi connectivity index (χ4n) is 2.37. The standard InChI is InChI=1S/C14H15N3O2S2/c15-14(20)13(9-4-5-9)17-21(18,19)12-3-1-2-10-8-16-7-6-11(10)12/h1-3,6-9,13,17H,4-5H2,(H2,15,20). The van der Waals surface area contributed by atoms with E-state index in [0.717, 1.165) is 18.2 Å². The largest absolute Gasteiger partial charge is 0.392 e. The molecule has 0 spiro atoms. The number of fused-ring (bicyclic) bond motifs is 1. The van der Waals surface area contributed by atoms with Crippen molar-refractivity contribution in [2.75, 3.05) is 0 Å². The summed E-state index contributed by atoms with van der Waals surface area (Å²) in [5, 5.41) is 1.41. The highest BCUT2D eigenvalue weighted by molar-refractivity contribution is 7.90. The van der Waals surface area contributed by atoms with Crippen LogP contribution in [0.25, 0.3) is 10.8 Å². The molecule has 1 unspecified atom stereocenters. The van der Waals surface area contributed by atoms with E-state index in [0.29, 0.717) is 5.39 Å². The van der Waals surface area contributed by atoms with Gasteiger partial charge >= 0.3 is 0 Å². The molecule has 0 bridgehead atoms. The predicted octanol–water partition coefficient (Wildman–Crippen LogP) is 1.58. The van der Waals surface area contributed by atoms with Crippen LogP contribution >= 0.6 is 12.2 Å². The normalized spacial score (nSPS) is 16.8. The molecular formula is C14H15N3O2S2. The predicted molar refractivity (Wildman–Crippen MR) is 85.4 cm³/mol. The molecule has 0 aliphatic heterocycles. The second kappa shape index (κ2) is 5.32. The molecule has 1 fully saturated rings. The van der Waals surface area contributed by atoms with Gasteiger partial charge in [-0.15, -0.1) is 0 Å². The Morgan fingerprint density at radius 1 is 1.38 bits per heavy atom. The number of pyridine rings is 1. The number of nitrogens with one attached hydrogen (secondary N) is 1. The zero-order valence-corrected chi connectivity index (χ0v) is 12.8. The van der Waals surface area contributed by atoms with Gasteiger partial charge in [-0.1, -0.05) is 24.4 Å². The summed E-state index contributed by atoms with van der Waals surface area (Å²) in [7, 11) is -3.68. The molecule has 1 aliphatic rings. The molecule has 3 rings (SSSR count). The number of sulfonamides is 1. The van der Waals surface area contributed by atoms with Crippen LogP contribution in [0.2, 0.25) is 0 Å². The monoisotopic (exact) mass is 321 g/mol. The lowest BCUT2D eigenvalue weighted by molar-refractivity contribution is 0.566. The highest BCUT2D eigenvalue weighted by Gasteiger charge is 2.36. The van der Waals surface area contributed by atoms with Gasteiger partial charge in [0.2, 0.25) is 10.0 Å². The summed E-state index contributed by atoms with van der Waals surface area (Å²) in [4.78, 5) is 4.43. The van der Waals surface area contributed by atoms with E-state index < -0.39 is 16.1 Å². The van der Waals surface area contributed by atoms with Gasteiger partial charge in [-0.25, -0.2) is 13.1 Å². The summed E-state index contributed by atoms with van der Waals surface area (Å²) in [6.45, 7) is 0. The number of nitrogens with two attached hydrogens (primary N) is 1. The molecule has 110 valence electrons. The summed E-state index contributed by atoms with van der Waals surface area (Å²) in [6, 6.07) is 6.33. The van der Waals surface area contributed by atoms with E-state index in [4.69, 9.17) is 18.0 Å². The van der Waals surface area contributed by atoms with E-state index in [9.17, 15) is 8.42 Å². The smallest absolute Gasteiger partial charge is 0.241 e. The van der Waals surface area contributed by atoms with Gasteiger partial charge in [0.25, 0.3) is 0 Å². The quantitative estimate of drug-likeness (QED) is 0.817. The maximum Gasteiger partial charge on any atom is 0.241 e. The van der Waals surface area contributed by atoms with Crippen LogP contribution in [0.15, 0.2) is 41.6 Å². The molecule has 3 N–H and O–H groups in total. The number of thiocarbonyl (C=S) groups is 1. The van der Waals surface area contributed by atoms with Crippen molar-refractivity contribution in [3.8, 4) is 0 Å². The van der Waals surface area contributed by atoms with Crippen molar-refractivity contribution in [1.82, 2.24) is 9.71 Å². The van der Waals surface area contributed by atoms with Crippen molar-refractivity contribution in [2.24, 2.45) is 11.7 Å². The maximum atomic E-state index is 12.6. The average molecular weight is 321 g/mol. The highest BCUT2D eigenvalue weighted by atomic mass is 32.2. The fourth-order valence-corrected chi connectivity index (χ4v) is 4.21. The summed E-state index contributed by atoms with van der Waals surface area (Å²) in [6.07, 6.45) is 5.11. The van der Waals surface area contributed by atoms with Crippen LogP contribution in [-0.4, -0.2) is 24.4 Å². The summed E-state index contributed by atoms with van der Waals surface area (Å²) in [5.41, 5.74) is 5.67. The second-order valence-corrected chi connectivity index (χ2v) is 7.35. The van der Waals surface area contributed by atoms with E-state index >= 15 is 0 Å². The number of benzene rings is 1. The van der Waals surface area contributed by atoms with Gasteiger partial charge in [0.1, 0.15) is 0 Å². The molecule has 0 amide bonds. The van der Waals surface area contributed by atoms with Crippen LogP contribution in [0, 0.1) is 5.92 Å². The Labute approximate surface area is 128 Å². The van der Waals surface area contributed by atoms with E-state index in [-0.39, 0.29) is 15.8 Å². The first-order chi connectivity index (χ1) is 9.99.